The molecule has 104 valence electrons. The Kier molecular flexibility index (Phi) is 14.9. The molecule has 0 saturated heterocycles. The van der Waals surface area contributed by atoms with Gasteiger partial charge >= 0.3 is 0 Å². The van der Waals surface area contributed by atoms with Crippen LogP contribution in [0.1, 0.15) is 97.3 Å². The van der Waals surface area contributed by atoms with Crippen LogP contribution in [0.2, 0.25) is 0 Å². The number of rotatable bonds is 13. The van der Waals surface area contributed by atoms with E-state index in [2.05, 4.69) is 23.1 Å². The predicted octanol–water partition coefficient (Wildman–Crippen LogP) is 6.34. The zero-order valence-electron chi connectivity index (χ0n) is 12.3. The second kappa shape index (κ2) is 14.5. The smallest absolute Gasteiger partial charge is 0.0267 e. The van der Waals surface area contributed by atoms with Crippen molar-refractivity contribution in [3.8, 4) is 0 Å². The van der Waals surface area contributed by atoms with E-state index in [1.807, 2.05) is 0 Å². The molecule has 17 heavy (non-hydrogen) atoms. The van der Waals surface area contributed by atoms with Gasteiger partial charge in [-0.1, -0.05) is 84.5 Å². The van der Waals surface area contributed by atoms with E-state index < -0.39 is 0 Å². The SMILES string of the molecule is CCCCCCCCCCCCCC(P)CC. The molecule has 0 amide bonds. The molecule has 0 rings (SSSR count). The molecule has 0 radical (unpaired) electrons. The normalized spacial score (nSPS) is 12.9. The molecule has 0 spiro atoms. The predicted molar refractivity (Wildman–Crippen MR) is 84.9 cm³/mol. The minimum absolute atomic E-state index is 0.869. The molecule has 0 bridgehead atoms. The fourth-order valence-electron chi connectivity index (χ4n) is 2.27. The highest BCUT2D eigenvalue weighted by Crippen LogP contribution is 2.16. The summed E-state index contributed by atoms with van der Waals surface area (Å²) in [4.78, 5) is 0. The van der Waals surface area contributed by atoms with Crippen LogP contribution in [0.5, 0.6) is 0 Å². The molecule has 0 nitrogen and oxygen atoms in total. The van der Waals surface area contributed by atoms with E-state index in [0.717, 1.165) is 5.66 Å². The molecule has 0 aliphatic rings. The topological polar surface area (TPSA) is 0 Å². The van der Waals surface area contributed by atoms with Crippen molar-refractivity contribution in [3.63, 3.8) is 0 Å². The highest BCUT2D eigenvalue weighted by atomic mass is 31.0. The van der Waals surface area contributed by atoms with Gasteiger partial charge in [-0.05, 0) is 18.5 Å². The van der Waals surface area contributed by atoms with Gasteiger partial charge in [-0.25, -0.2) is 0 Å². The molecule has 2 atom stereocenters. The molecule has 0 N–H and O–H groups in total. The first-order valence-electron chi connectivity index (χ1n) is 8.06. The molecular weight excluding hydrogens is 223 g/mol. The van der Waals surface area contributed by atoms with Crippen LogP contribution in [0.4, 0.5) is 0 Å². The molecule has 0 saturated carbocycles. The lowest BCUT2D eigenvalue weighted by Gasteiger charge is -2.07. The molecule has 0 aromatic heterocycles. The van der Waals surface area contributed by atoms with Crippen LogP contribution in [0, 0.1) is 0 Å². The Balaban J connectivity index is 2.94. The summed E-state index contributed by atoms with van der Waals surface area (Å²) >= 11 is 0. The Hall–Kier alpha value is 0.430. The van der Waals surface area contributed by atoms with E-state index in [1.54, 1.807) is 0 Å². The number of unbranched alkanes of at least 4 members (excludes halogenated alkanes) is 10. The van der Waals surface area contributed by atoms with Crippen molar-refractivity contribution >= 4 is 9.24 Å². The van der Waals surface area contributed by atoms with E-state index in [4.69, 9.17) is 0 Å². The van der Waals surface area contributed by atoms with Crippen molar-refractivity contribution < 1.29 is 0 Å². The van der Waals surface area contributed by atoms with Gasteiger partial charge in [0.15, 0.2) is 0 Å². The summed E-state index contributed by atoms with van der Waals surface area (Å²) in [6, 6.07) is 0. The van der Waals surface area contributed by atoms with Crippen molar-refractivity contribution in [2.24, 2.45) is 0 Å². The van der Waals surface area contributed by atoms with Gasteiger partial charge in [0.25, 0.3) is 0 Å². The summed E-state index contributed by atoms with van der Waals surface area (Å²) in [6.07, 6.45) is 18.8. The minimum Gasteiger partial charge on any atom is -0.134 e. The maximum Gasteiger partial charge on any atom is -0.0267 e. The van der Waals surface area contributed by atoms with E-state index in [9.17, 15) is 0 Å². The average molecular weight is 258 g/mol. The third-order valence-corrected chi connectivity index (χ3v) is 4.51. The molecular formula is C16H35P. The lowest BCUT2D eigenvalue weighted by molar-refractivity contribution is 0.540. The van der Waals surface area contributed by atoms with Crippen molar-refractivity contribution in [1.29, 1.82) is 0 Å². The fraction of sp³-hybridized carbons (Fsp3) is 1.00. The van der Waals surface area contributed by atoms with Crippen molar-refractivity contribution in [2.75, 3.05) is 0 Å². The molecule has 0 aliphatic heterocycles. The zero-order valence-corrected chi connectivity index (χ0v) is 13.5. The molecule has 2 unspecified atom stereocenters. The van der Waals surface area contributed by atoms with Gasteiger partial charge in [-0.2, -0.15) is 0 Å². The van der Waals surface area contributed by atoms with Crippen LogP contribution in [0.3, 0.4) is 0 Å². The van der Waals surface area contributed by atoms with Crippen LogP contribution < -0.4 is 0 Å². The van der Waals surface area contributed by atoms with Gasteiger partial charge in [-0.3, -0.25) is 0 Å². The Bertz CT molecular complexity index is 133. The summed E-state index contributed by atoms with van der Waals surface area (Å²) in [7, 11) is 2.97. The molecule has 0 fully saturated rings. The van der Waals surface area contributed by atoms with Crippen LogP contribution in [0.25, 0.3) is 0 Å². The summed E-state index contributed by atoms with van der Waals surface area (Å²) in [6.45, 7) is 4.58. The van der Waals surface area contributed by atoms with E-state index in [0.29, 0.717) is 0 Å². The molecule has 0 aromatic rings. The van der Waals surface area contributed by atoms with E-state index >= 15 is 0 Å². The first-order valence-corrected chi connectivity index (χ1v) is 8.73. The molecule has 0 heterocycles. The van der Waals surface area contributed by atoms with Gasteiger partial charge in [-0.15, -0.1) is 9.24 Å². The van der Waals surface area contributed by atoms with Gasteiger partial charge in [0.05, 0.1) is 0 Å². The lowest BCUT2D eigenvalue weighted by Crippen LogP contribution is -1.94. The standard InChI is InChI=1S/C16H35P/c1-3-5-6-7-8-9-10-11-12-13-14-15-16(17)4-2/h16H,3-15,17H2,1-2H3. The first-order chi connectivity index (χ1) is 8.31. The summed E-state index contributed by atoms with van der Waals surface area (Å²) in [5, 5.41) is 0. The Morgan fingerprint density at radius 1 is 0.647 bits per heavy atom. The summed E-state index contributed by atoms with van der Waals surface area (Å²) in [5.41, 5.74) is 0.869. The van der Waals surface area contributed by atoms with Crippen LogP contribution >= 0.6 is 9.24 Å². The van der Waals surface area contributed by atoms with Gasteiger partial charge in [0.1, 0.15) is 0 Å². The second-order valence-corrected chi connectivity index (χ2v) is 6.44. The third-order valence-electron chi connectivity index (χ3n) is 3.70. The van der Waals surface area contributed by atoms with Gasteiger partial charge in [0, 0.05) is 0 Å². The quantitative estimate of drug-likeness (QED) is 0.267. The Morgan fingerprint density at radius 3 is 1.47 bits per heavy atom. The largest absolute Gasteiger partial charge is 0.134 e. The van der Waals surface area contributed by atoms with Crippen molar-refractivity contribution in [1.82, 2.24) is 0 Å². The molecule has 1 heteroatoms. The Labute approximate surface area is 113 Å². The summed E-state index contributed by atoms with van der Waals surface area (Å²) < 4.78 is 0. The number of hydrogen-bond donors (Lipinski definition) is 0. The zero-order chi connectivity index (χ0) is 12.8. The molecule has 0 aliphatic carbocycles. The van der Waals surface area contributed by atoms with Crippen molar-refractivity contribution in [2.45, 2.75) is 103 Å². The average Bonchev–Trinajstić information content (AvgIpc) is 2.35. The molecule has 0 aromatic carbocycles. The van der Waals surface area contributed by atoms with Crippen LogP contribution in [-0.2, 0) is 0 Å². The lowest BCUT2D eigenvalue weighted by atomic mass is 10.0. The van der Waals surface area contributed by atoms with Crippen molar-refractivity contribution in [3.05, 3.63) is 0 Å². The van der Waals surface area contributed by atoms with Crippen LogP contribution in [-0.4, -0.2) is 5.66 Å². The van der Waals surface area contributed by atoms with Crippen LogP contribution in [0.15, 0.2) is 0 Å². The highest BCUT2D eigenvalue weighted by Gasteiger charge is 1.98. The highest BCUT2D eigenvalue weighted by molar-refractivity contribution is 7.17. The third kappa shape index (κ3) is 14.4. The summed E-state index contributed by atoms with van der Waals surface area (Å²) in [5.74, 6) is 0. The maximum atomic E-state index is 2.97. The number of hydrogen-bond acceptors (Lipinski definition) is 0. The minimum atomic E-state index is 0.869. The maximum absolute atomic E-state index is 2.97. The second-order valence-electron chi connectivity index (χ2n) is 5.49. The van der Waals surface area contributed by atoms with E-state index in [-0.39, 0.29) is 0 Å². The monoisotopic (exact) mass is 258 g/mol. The Morgan fingerprint density at radius 2 is 1.06 bits per heavy atom. The van der Waals surface area contributed by atoms with E-state index in [1.165, 1.54) is 83.5 Å². The fourth-order valence-corrected chi connectivity index (χ4v) is 2.51. The first kappa shape index (κ1) is 17.4. The van der Waals surface area contributed by atoms with Gasteiger partial charge < -0.3 is 0 Å². The van der Waals surface area contributed by atoms with Gasteiger partial charge in [0.2, 0.25) is 0 Å².